The number of hydrogen-bond donors (Lipinski definition) is 2. The van der Waals surface area contributed by atoms with Gasteiger partial charge in [-0.3, -0.25) is 0 Å². The minimum atomic E-state index is 0.828. The van der Waals surface area contributed by atoms with Crippen LogP contribution >= 0.6 is 0 Å². The van der Waals surface area contributed by atoms with Crippen LogP contribution < -0.4 is 11.1 Å². The van der Waals surface area contributed by atoms with Gasteiger partial charge >= 0.3 is 0 Å². The number of benzene rings is 1. The molecule has 0 saturated carbocycles. The molecule has 3 N–H and O–H groups in total. The van der Waals surface area contributed by atoms with Crippen molar-refractivity contribution in [1.29, 1.82) is 0 Å². The SMILES string of the molecule is C=C1C(N)=C(CCCCCCC)Nc2ccccc21. The number of fused-ring (bicyclic) bond motifs is 1. The van der Waals surface area contributed by atoms with Gasteiger partial charge < -0.3 is 11.1 Å². The molecule has 0 amide bonds. The first-order chi connectivity index (χ1) is 9.24. The number of hydrogen-bond acceptors (Lipinski definition) is 2. The second kappa shape index (κ2) is 6.46. The number of anilines is 1. The van der Waals surface area contributed by atoms with Crippen LogP contribution in [-0.4, -0.2) is 0 Å². The van der Waals surface area contributed by atoms with Crippen molar-refractivity contribution < 1.29 is 0 Å². The predicted molar refractivity (Wildman–Crippen MR) is 83.7 cm³/mol. The maximum absolute atomic E-state index is 6.20. The first-order valence-electron chi connectivity index (χ1n) is 7.28. The molecule has 0 atom stereocenters. The number of para-hydroxylation sites is 1. The molecule has 0 radical (unpaired) electrons. The molecule has 0 unspecified atom stereocenters. The van der Waals surface area contributed by atoms with Crippen LogP contribution in [0.2, 0.25) is 0 Å². The molecule has 2 nitrogen and oxygen atoms in total. The minimum absolute atomic E-state index is 0.828. The van der Waals surface area contributed by atoms with Crippen molar-refractivity contribution in [1.82, 2.24) is 0 Å². The van der Waals surface area contributed by atoms with Gasteiger partial charge in [-0.25, -0.2) is 0 Å². The standard InChI is InChI=1S/C17H24N2/c1-3-4-5-6-7-12-16-17(18)13(2)14-10-8-9-11-15(14)19-16/h8-11,19H,2-7,12,18H2,1H3. The minimum Gasteiger partial charge on any atom is -0.397 e. The summed E-state index contributed by atoms with van der Waals surface area (Å²) in [5, 5.41) is 3.46. The highest BCUT2D eigenvalue weighted by Crippen LogP contribution is 2.34. The fraction of sp³-hybridized carbons (Fsp3) is 0.412. The van der Waals surface area contributed by atoms with Crippen LogP contribution in [0.15, 0.2) is 42.2 Å². The summed E-state index contributed by atoms with van der Waals surface area (Å²) in [6, 6.07) is 8.22. The van der Waals surface area contributed by atoms with Crippen molar-refractivity contribution in [2.24, 2.45) is 5.73 Å². The summed E-state index contributed by atoms with van der Waals surface area (Å²) in [6.07, 6.45) is 7.42. The number of nitrogens with one attached hydrogen (secondary N) is 1. The molecule has 0 aromatic heterocycles. The highest BCUT2D eigenvalue weighted by Gasteiger charge is 2.17. The molecule has 0 saturated heterocycles. The summed E-state index contributed by atoms with van der Waals surface area (Å²) < 4.78 is 0. The number of allylic oxidation sites excluding steroid dienone is 2. The molecule has 0 aliphatic carbocycles. The van der Waals surface area contributed by atoms with E-state index in [2.05, 4.69) is 31.0 Å². The summed E-state index contributed by atoms with van der Waals surface area (Å²) in [4.78, 5) is 0. The monoisotopic (exact) mass is 256 g/mol. The Labute approximate surface area is 116 Å². The summed E-state index contributed by atoms with van der Waals surface area (Å²) in [6.45, 7) is 6.36. The highest BCUT2D eigenvalue weighted by atomic mass is 14.9. The van der Waals surface area contributed by atoms with Gasteiger partial charge in [-0.15, -0.1) is 0 Å². The van der Waals surface area contributed by atoms with Crippen molar-refractivity contribution >= 4 is 11.3 Å². The number of unbranched alkanes of at least 4 members (excludes halogenated alkanes) is 4. The van der Waals surface area contributed by atoms with Gasteiger partial charge in [0.05, 0.1) is 5.70 Å². The van der Waals surface area contributed by atoms with Crippen molar-refractivity contribution in [3.05, 3.63) is 47.8 Å². The quantitative estimate of drug-likeness (QED) is 0.727. The molecular weight excluding hydrogens is 232 g/mol. The predicted octanol–water partition coefficient (Wildman–Crippen LogP) is 4.66. The molecule has 1 aliphatic rings. The van der Waals surface area contributed by atoms with E-state index in [1.165, 1.54) is 32.1 Å². The third kappa shape index (κ3) is 3.19. The fourth-order valence-electron chi connectivity index (χ4n) is 2.51. The summed E-state index contributed by atoms with van der Waals surface area (Å²) in [7, 11) is 0. The lowest BCUT2D eigenvalue weighted by Gasteiger charge is -2.24. The Morgan fingerprint density at radius 1 is 1.11 bits per heavy atom. The summed E-state index contributed by atoms with van der Waals surface area (Å²) in [5.74, 6) is 0. The lowest BCUT2D eigenvalue weighted by molar-refractivity contribution is 0.630. The molecule has 2 rings (SSSR count). The second-order valence-corrected chi connectivity index (χ2v) is 5.21. The van der Waals surface area contributed by atoms with Gasteiger partial charge in [0, 0.05) is 22.5 Å². The number of nitrogens with two attached hydrogens (primary N) is 1. The number of rotatable bonds is 6. The average Bonchev–Trinajstić information content (AvgIpc) is 2.44. The van der Waals surface area contributed by atoms with E-state index in [0.29, 0.717) is 0 Å². The molecule has 19 heavy (non-hydrogen) atoms. The molecular formula is C17H24N2. The van der Waals surface area contributed by atoms with Gasteiger partial charge in [-0.1, -0.05) is 57.4 Å². The summed E-state index contributed by atoms with van der Waals surface area (Å²) in [5.41, 5.74) is 11.4. The molecule has 0 fully saturated rings. The largest absolute Gasteiger partial charge is 0.397 e. The van der Waals surface area contributed by atoms with Crippen LogP contribution in [0, 0.1) is 0 Å². The van der Waals surface area contributed by atoms with E-state index in [0.717, 1.165) is 34.6 Å². The Morgan fingerprint density at radius 3 is 2.63 bits per heavy atom. The molecule has 1 heterocycles. The van der Waals surface area contributed by atoms with Crippen LogP contribution in [0.5, 0.6) is 0 Å². The van der Waals surface area contributed by atoms with Crippen LogP contribution in [-0.2, 0) is 0 Å². The van der Waals surface area contributed by atoms with Crippen LogP contribution in [0.3, 0.4) is 0 Å². The molecule has 0 spiro atoms. The van der Waals surface area contributed by atoms with Crippen molar-refractivity contribution in [2.75, 3.05) is 5.32 Å². The molecule has 1 aliphatic heterocycles. The Balaban J connectivity index is 1.98. The fourth-order valence-corrected chi connectivity index (χ4v) is 2.51. The molecule has 1 aromatic rings. The maximum atomic E-state index is 6.20. The third-order valence-corrected chi connectivity index (χ3v) is 3.72. The second-order valence-electron chi connectivity index (χ2n) is 5.21. The molecule has 102 valence electrons. The Hall–Kier alpha value is -1.70. The van der Waals surface area contributed by atoms with Gasteiger partial charge in [0.25, 0.3) is 0 Å². The zero-order chi connectivity index (χ0) is 13.7. The van der Waals surface area contributed by atoms with E-state index >= 15 is 0 Å². The zero-order valence-electron chi connectivity index (χ0n) is 11.8. The van der Waals surface area contributed by atoms with E-state index in [1.54, 1.807) is 0 Å². The molecule has 1 aromatic carbocycles. The molecule has 0 bridgehead atoms. The lowest BCUT2D eigenvalue weighted by Crippen LogP contribution is -2.17. The lowest BCUT2D eigenvalue weighted by atomic mass is 9.95. The topological polar surface area (TPSA) is 38.0 Å². The first kappa shape index (κ1) is 13.7. The maximum Gasteiger partial charge on any atom is 0.0584 e. The summed E-state index contributed by atoms with van der Waals surface area (Å²) >= 11 is 0. The third-order valence-electron chi connectivity index (χ3n) is 3.72. The van der Waals surface area contributed by atoms with Gasteiger partial charge in [0.15, 0.2) is 0 Å². The van der Waals surface area contributed by atoms with E-state index < -0.39 is 0 Å². The Bertz CT molecular complexity index is 486. The van der Waals surface area contributed by atoms with E-state index in [1.807, 2.05) is 12.1 Å². The normalized spacial score (nSPS) is 14.3. The van der Waals surface area contributed by atoms with E-state index in [-0.39, 0.29) is 0 Å². The van der Waals surface area contributed by atoms with Crippen molar-refractivity contribution in [3.8, 4) is 0 Å². The van der Waals surface area contributed by atoms with Gasteiger partial charge in [-0.05, 0) is 18.9 Å². The average molecular weight is 256 g/mol. The van der Waals surface area contributed by atoms with Crippen LogP contribution in [0.4, 0.5) is 5.69 Å². The smallest absolute Gasteiger partial charge is 0.0584 e. The van der Waals surface area contributed by atoms with E-state index in [9.17, 15) is 0 Å². The Kier molecular flexibility index (Phi) is 4.67. The van der Waals surface area contributed by atoms with Crippen LogP contribution in [0.1, 0.15) is 51.0 Å². The van der Waals surface area contributed by atoms with E-state index in [4.69, 9.17) is 5.73 Å². The Morgan fingerprint density at radius 2 is 1.84 bits per heavy atom. The first-order valence-corrected chi connectivity index (χ1v) is 7.28. The molecule has 2 heteroatoms. The van der Waals surface area contributed by atoms with Crippen molar-refractivity contribution in [3.63, 3.8) is 0 Å². The van der Waals surface area contributed by atoms with Gasteiger partial charge in [-0.2, -0.15) is 0 Å². The van der Waals surface area contributed by atoms with Crippen molar-refractivity contribution in [2.45, 2.75) is 45.4 Å². The van der Waals surface area contributed by atoms with Gasteiger partial charge in [0.1, 0.15) is 0 Å². The zero-order valence-corrected chi connectivity index (χ0v) is 11.8. The van der Waals surface area contributed by atoms with Crippen LogP contribution in [0.25, 0.3) is 5.57 Å². The van der Waals surface area contributed by atoms with Gasteiger partial charge in [0.2, 0.25) is 0 Å². The highest BCUT2D eigenvalue weighted by molar-refractivity contribution is 5.88.